The third-order valence-electron chi connectivity index (χ3n) is 2.68. The summed E-state index contributed by atoms with van der Waals surface area (Å²) in [6, 6.07) is 6.74. The highest BCUT2D eigenvalue weighted by atomic mass is 16.6. The van der Waals surface area contributed by atoms with Gasteiger partial charge in [0, 0.05) is 12.2 Å². The van der Waals surface area contributed by atoms with Gasteiger partial charge in [-0.15, -0.1) is 0 Å². The number of likely N-dealkylation sites (N-methyl/N-ethyl adjacent to an activating group) is 1. The molecule has 4 N–H and O–H groups in total. The molecular formula is C14H22N2O5. The van der Waals surface area contributed by atoms with Gasteiger partial charge >= 0.3 is 12.1 Å². The van der Waals surface area contributed by atoms with Crippen molar-refractivity contribution in [1.29, 1.82) is 0 Å². The molecule has 0 unspecified atom stereocenters. The summed E-state index contributed by atoms with van der Waals surface area (Å²) >= 11 is 0. The first-order chi connectivity index (χ1) is 9.90. The minimum atomic E-state index is -1.83. The zero-order valence-electron chi connectivity index (χ0n) is 12.3. The van der Waals surface area contributed by atoms with Gasteiger partial charge in [-0.25, -0.2) is 9.59 Å². The first-order valence-electron chi connectivity index (χ1n) is 6.57. The van der Waals surface area contributed by atoms with E-state index in [9.17, 15) is 4.79 Å². The fourth-order valence-electron chi connectivity index (χ4n) is 1.51. The fraction of sp³-hybridized carbons (Fsp3) is 0.429. The fourth-order valence-corrected chi connectivity index (χ4v) is 1.51. The molecule has 0 aliphatic heterocycles. The van der Waals surface area contributed by atoms with Gasteiger partial charge in [0.15, 0.2) is 0 Å². The van der Waals surface area contributed by atoms with Crippen LogP contribution >= 0.6 is 0 Å². The van der Waals surface area contributed by atoms with Crippen molar-refractivity contribution in [3.8, 4) is 0 Å². The van der Waals surface area contributed by atoms with Crippen LogP contribution < -0.4 is 5.73 Å². The summed E-state index contributed by atoms with van der Waals surface area (Å²) in [6.45, 7) is 7.31. The van der Waals surface area contributed by atoms with Gasteiger partial charge in [-0.3, -0.25) is 0 Å². The Bertz CT molecular complexity index is 425. The molecule has 0 atom stereocenters. The Balaban J connectivity index is 0.000000885. The van der Waals surface area contributed by atoms with Crippen molar-refractivity contribution in [2.75, 3.05) is 32.0 Å². The topological polar surface area (TPSA) is 113 Å². The predicted octanol–water partition coefficient (Wildman–Crippen LogP) is 1.99. The summed E-state index contributed by atoms with van der Waals surface area (Å²) < 4.78 is 5.18. The number of ether oxygens (including phenoxy) is 1. The van der Waals surface area contributed by atoms with E-state index in [1.54, 1.807) is 24.3 Å². The maximum atomic E-state index is 11.6. The van der Waals surface area contributed by atoms with Crippen LogP contribution in [0.1, 0.15) is 24.2 Å². The molecule has 0 amide bonds. The summed E-state index contributed by atoms with van der Waals surface area (Å²) in [7, 11) is 0. The summed E-state index contributed by atoms with van der Waals surface area (Å²) in [6.07, 6.45) is -1.83. The number of rotatable bonds is 6. The second-order valence-corrected chi connectivity index (χ2v) is 4.07. The molecule has 7 heteroatoms. The van der Waals surface area contributed by atoms with Gasteiger partial charge in [-0.05, 0) is 37.4 Å². The van der Waals surface area contributed by atoms with Crippen molar-refractivity contribution in [3.05, 3.63) is 29.8 Å². The maximum Gasteiger partial charge on any atom is 0.503 e. The lowest BCUT2D eigenvalue weighted by Crippen LogP contribution is -2.27. The Kier molecular flexibility index (Phi) is 9.36. The number of nitrogens with two attached hydrogens (primary N) is 1. The van der Waals surface area contributed by atoms with Crippen molar-refractivity contribution < 1.29 is 24.5 Å². The zero-order valence-corrected chi connectivity index (χ0v) is 12.3. The molecule has 0 saturated carbocycles. The molecule has 0 bridgehead atoms. The highest BCUT2D eigenvalue weighted by Crippen LogP contribution is 2.06. The number of carbonyl (C=O) groups excluding carboxylic acids is 1. The van der Waals surface area contributed by atoms with Crippen LogP contribution in [0.15, 0.2) is 24.3 Å². The molecule has 0 radical (unpaired) electrons. The standard InChI is InChI=1S/C13H20N2O2.CH2O3/c1-3-15(4-2)9-10-17-13(16)11-5-7-12(14)8-6-11;2-1(3)4/h5-8H,3-4,9-10,14H2,1-2H3;(H2,2,3,4). The van der Waals surface area contributed by atoms with Gasteiger partial charge < -0.3 is 25.6 Å². The summed E-state index contributed by atoms with van der Waals surface area (Å²) in [4.78, 5) is 22.4. The smallest absolute Gasteiger partial charge is 0.461 e. The molecule has 0 fully saturated rings. The van der Waals surface area contributed by atoms with E-state index in [0.717, 1.165) is 19.6 Å². The quantitative estimate of drug-likeness (QED) is 0.543. The van der Waals surface area contributed by atoms with Crippen molar-refractivity contribution in [3.63, 3.8) is 0 Å². The zero-order chi connectivity index (χ0) is 16.3. The van der Waals surface area contributed by atoms with Crippen LogP contribution in [-0.4, -0.2) is 53.5 Å². The first-order valence-corrected chi connectivity index (χ1v) is 6.57. The maximum absolute atomic E-state index is 11.6. The second kappa shape index (κ2) is 10.5. The number of hydrogen-bond acceptors (Lipinski definition) is 5. The molecular weight excluding hydrogens is 276 g/mol. The van der Waals surface area contributed by atoms with Gasteiger partial charge in [-0.1, -0.05) is 13.8 Å². The van der Waals surface area contributed by atoms with Crippen LogP contribution in [0.5, 0.6) is 0 Å². The Morgan fingerprint density at radius 2 is 1.62 bits per heavy atom. The lowest BCUT2D eigenvalue weighted by atomic mass is 10.2. The third-order valence-corrected chi connectivity index (χ3v) is 2.68. The molecule has 0 aromatic heterocycles. The molecule has 1 aromatic carbocycles. The molecule has 0 heterocycles. The summed E-state index contributed by atoms with van der Waals surface area (Å²) in [5.74, 6) is -0.294. The Hall–Kier alpha value is -2.28. The minimum absolute atomic E-state index is 0.294. The molecule has 0 aliphatic rings. The summed E-state index contributed by atoms with van der Waals surface area (Å²) in [5.41, 5.74) is 6.73. The van der Waals surface area contributed by atoms with E-state index in [1.165, 1.54) is 0 Å². The molecule has 118 valence electrons. The second-order valence-electron chi connectivity index (χ2n) is 4.07. The highest BCUT2D eigenvalue weighted by molar-refractivity contribution is 5.89. The number of anilines is 1. The molecule has 0 spiro atoms. The van der Waals surface area contributed by atoms with E-state index in [4.69, 9.17) is 25.5 Å². The van der Waals surface area contributed by atoms with E-state index in [-0.39, 0.29) is 5.97 Å². The van der Waals surface area contributed by atoms with Crippen molar-refractivity contribution >= 4 is 17.8 Å². The van der Waals surface area contributed by atoms with Crippen molar-refractivity contribution in [1.82, 2.24) is 4.90 Å². The average Bonchev–Trinajstić information content (AvgIpc) is 2.43. The predicted molar refractivity (Wildman–Crippen MR) is 79.6 cm³/mol. The largest absolute Gasteiger partial charge is 0.503 e. The lowest BCUT2D eigenvalue weighted by molar-refractivity contribution is 0.0466. The molecule has 7 nitrogen and oxygen atoms in total. The van der Waals surface area contributed by atoms with Crippen LogP contribution in [0.2, 0.25) is 0 Å². The number of nitrogen functional groups attached to an aromatic ring is 1. The van der Waals surface area contributed by atoms with Crippen LogP contribution in [0.25, 0.3) is 0 Å². The van der Waals surface area contributed by atoms with Gasteiger partial charge in [0.25, 0.3) is 0 Å². The monoisotopic (exact) mass is 298 g/mol. The number of carboxylic acid groups (broad SMARTS) is 2. The van der Waals surface area contributed by atoms with E-state index in [1.807, 2.05) is 0 Å². The van der Waals surface area contributed by atoms with Gasteiger partial charge in [0.2, 0.25) is 0 Å². The molecule has 1 aromatic rings. The Labute approximate surface area is 123 Å². The minimum Gasteiger partial charge on any atom is -0.461 e. The van der Waals surface area contributed by atoms with Crippen molar-refractivity contribution in [2.24, 2.45) is 0 Å². The van der Waals surface area contributed by atoms with E-state index >= 15 is 0 Å². The number of benzene rings is 1. The average molecular weight is 298 g/mol. The molecule has 0 saturated heterocycles. The summed E-state index contributed by atoms with van der Waals surface area (Å²) in [5, 5.41) is 13.9. The first kappa shape index (κ1) is 18.7. The normalized spacial score (nSPS) is 9.67. The third kappa shape index (κ3) is 9.28. The Morgan fingerprint density at radius 3 is 2.05 bits per heavy atom. The Morgan fingerprint density at radius 1 is 1.14 bits per heavy atom. The van der Waals surface area contributed by atoms with Crippen LogP contribution in [-0.2, 0) is 4.74 Å². The molecule has 1 rings (SSSR count). The van der Waals surface area contributed by atoms with Gasteiger partial charge in [0.05, 0.1) is 5.56 Å². The molecule has 0 aliphatic carbocycles. The lowest BCUT2D eigenvalue weighted by Gasteiger charge is -2.17. The van der Waals surface area contributed by atoms with Crippen LogP contribution in [0, 0.1) is 0 Å². The van der Waals surface area contributed by atoms with E-state index in [2.05, 4.69) is 18.7 Å². The van der Waals surface area contributed by atoms with Gasteiger partial charge in [0.1, 0.15) is 6.61 Å². The van der Waals surface area contributed by atoms with Gasteiger partial charge in [-0.2, -0.15) is 0 Å². The van der Waals surface area contributed by atoms with Crippen molar-refractivity contribution in [2.45, 2.75) is 13.8 Å². The highest BCUT2D eigenvalue weighted by Gasteiger charge is 2.07. The van der Waals surface area contributed by atoms with Crippen LogP contribution in [0.3, 0.4) is 0 Å². The number of esters is 1. The van der Waals surface area contributed by atoms with E-state index < -0.39 is 6.16 Å². The molecule has 21 heavy (non-hydrogen) atoms. The number of hydrogen-bond donors (Lipinski definition) is 3. The number of nitrogens with zero attached hydrogens (tertiary/aromatic N) is 1. The number of carbonyl (C=O) groups is 2. The van der Waals surface area contributed by atoms with E-state index in [0.29, 0.717) is 17.9 Å². The van der Waals surface area contributed by atoms with Crippen LogP contribution in [0.4, 0.5) is 10.5 Å². The SMILES string of the molecule is CCN(CC)CCOC(=O)c1ccc(N)cc1.O=C(O)O.